The van der Waals surface area contributed by atoms with Crippen molar-refractivity contribution in [2.24, 2.45) is 0 Å². The zero-order valence-electron chi connectivity index (χ0n) is 12.1. The molecule has 0 fully saturated rings. The second-order valence-electron chi connectivity index (χ2n) is 4.80. The van der Waals surface area contributed by atoms with Gasteiger partial charge in [0.25, 0.3) is 0 Å². The first-order valence-electron chi connectivity index (χ1n) is 6.51. The molecule has 6 heteroatoms. The molecular weight excluding hydrogens is 286 g/mol. The summed E-state index contributed by atoms with van der Waals surface area (Å²) in [6.45, 7) is 0.721. The maximum absolute atomic E-state index is 11.7. The van der Waals surface area contributed by atoms with Gasteiger partial charge in [-0.05, 0) is 49.0 Å². The molecule has 0 bridgehead atoms. The summed E-state index contributed by atoms with van der Waals surface area (Å²) >= 11 is 0. The van der Waals surface area contributed by atoms with Crippen LogP contribution in [0, 0.1) is 0 Å². The summed E-state index contributed by atoms with van der Waals surface area (Å²) in [7, 11) is -0.0311. The number of benzene rings is 2. The molecule has 2 aromatic carbocycles. The average molecular weight is 305 g/mol. The molecule has 0 spiro atoms. The Kier molecular flexibility index (Phi) is 4.50. The third-order valence-electron chi connectivity index (χ3n) is 3.26. The van der Waals surface area contributed by atoms with Crippen LogP contribution in [0.25, 0.3) is 0 Å². The van der Waals surface area contributed by atoms with Crippen molar-refractivity contribution in [2.45, 2.75) is 11.4 Å². The van der Waals surface area contributed by atoms with E-state index in [4.69, 9.17) is 5.73 Å². The molecule has 5 nitrogen and oxygen atoms in total. The van der Waals surface area contributed by atoms with E-state index in [1.807, 2.05) is 36.2 Å². The Morgan fingerprint density at radius 3 is 2.14 bits per heavy atom. The monoisotopic (exact) mass is 305 g/mol. The van der Waals surface area contributed by atoms with E-state index in [1.165, 1.54) is 7.05 Å². The van der Waals surface area contributed by atoms with Gasteiger partial charge in [-0.15, -0.1) is 0 Å². The van der Waals surface area contributed by atoms with Crippen LogP contribution in [0.1, 0.15) is 5.56 Å². The van der Waals surface area contributed by atoms with E-state index in [0.29, 0.717) is 0 Å². The highest BCUT2D eigenvalue weighted by atomic mass is 32.2. The van der Waals surface area contributed by atoms with E-state index in [9.17, 15) is 8.42 Å². The van der Waals surface area contributed by atoms with Gasteiger partial charge in [-0.3, -0.25) is 0 Å². The Bertz CT molecular complexity index is 695. The summed E-state index contributed by atoms with van der Waals surface area (Å²) in [6.07, 6.45) is 0. The van der Waals surface area contributed by atoms with E-state index >= 15 is 0 Å². The molecule has 0 heterocycles. The number of hydrogen-bond acceptors (Lipinski definition) is 4. The van der Waals surface area contributed by atoms with Crippen LogP contribution >= 0.6 is 0 Å². The van der Waals surface area contributed by atoms with Gasteiger partial charge in [0.2, 0.25) is 10.0 Å². The molecule has 0 unspecified atom stereocenters. The van der Waals surface area contributed by atoms with Crippen molar-refractivity contribution in [1.29, 1.82) is 0 Å². The van der Waals surface area contributed by atoms with E-state index in [2.05, 4.69) is 4.72 Å². The fraction of sp³-hybridized carbons (Fsp3) is 0.200. The highest BCUT2D eigenvalue weighted by Crippen LogP contribution is 2.19. The molecule has 112 valence electrons. The molecule has 0 aliphatic carbocycles. The van der Waals surface area contributed by atoms with Crippen LogP contribution in [0.2, 0.25) is 0 Å². The molecule has 0 aromatic heterocycles. The number of sulfonamides is 1. The number of anilines is 2. The molecule has 0 saturated carbocycles. The standard InChI is InChI=1S/C15H19N3O2S/c1-17-21(19,20)15-9-7-14(8-10-15)18(2)11-12-3-5-13(16)6-4-12/h3-10,17H,11,16H2,1-2H3. The molecule has 0 atom stereocenters. The molecule has 0 amide bonds. The van der Waals surface area contributed by atoms with Gasteiger partial charge in [0.1, 0.15) is 0 Å². The van der Waals surface area contributed by atoms with Gasteiger partial charge >= 0.3 is 0 Å². The fourth-order valence-electron chi connectivity index (χ4n) is 1.99. The number of hydrogen-bond donors (Lipinski definition) is 2. The van der Waals surface area contributed by atoms with Crippen LogP contribution in [-0.2, 0) is 16.6 Å². The number of nitrogens with zero attached hydrogens (tertiary/aromatic N) is 1. The summed E-state index contributed by atoms with van der Waals surface area (Å²) in [6, 6.07) is 14.5. The van der Waals surface area contributed by atoms with Crippen LogP contribution in [0.5, 0.6) is 0 Å². The van der Waals surface area contributed by atoms with Crippen molar-refractivity contribution in [3.05, 3.63) is 54.1 Å². The zero-order valence-corrected chi connectivity index (χ0v) is 12.9. The summed E-state index contributed by atoms with van der Waals surface area (Å²) in [5, 5.41) is 0. The SMILES string of the molecule is CNS(=O)(=O)c1ccc(N(C)Cc2ccc(N)cc2)cc1. The Labute approximate surface area is 125 Å². The van der Waals surface area contributed by atoms with Gasteiger partial charge in [0.15, 0.2) is 0 Å². The molecule has 2 aromatic rings. The molecule has 0 aliphatic rings. The van der Waals surface area contributed by atoms with Crippen molar-refractivity contribution in [3.8, 4) is 0 Å². The molecule has 3 N–H and O–H groups in total. The minimum Gasteiger partial charge on any atom is -0.399 e. The molecule has 21 heavy (non-hydrogen) atoms. The predicted octanol–water partition coefficient (Wildman–Crippen LogP) is 1.81. The Hall–Kier alpha value is -2.05. The van der Waals surface area contributed by atoms with Gasteiger partial charge in [-0.25, -0.2) is 13.1 Å². The van der Waals surface area contributed by atoms with E-state index in [-0.39, 0.29) is 4.90 Å². The Morgan fingerprint density at radius 2 is 1.62 bits per heavy atom. The first kappa shape index (κ1) is 15.3. The molecular formula is C15H19N3O2S. The molecule has 2 rings (SSSR count). The van der Waals surface area contributed by atoms with Crippen molar-refractivity contribution in [2.75, 3.05) is 24.7 Å². The minimum atomic E-state index is -3.39. The van der Waals surface area contributed by atoms with Gasteiger partial charge in [-0.2, -0.15) is 0 Å². The normalized spacial score (nSPS) is 11.3. The van der Waals surface area contributed by atoms with Crippen molar-refractivity contribution >= 4 is 21.4 Å². The van der Waals surface area contributed by atoms with Gasteiger partial charge < -0.3 is 10.6 Å². The predicted molar refractivity (Wildman–Crippen MR) is 85.6 cm³/mol. The first-order chi connectivity index (χ1) is 9.92. The lowest BCUT2D eigenvalue weighted by molar-refractivity contribution is 0.588. The van der Waals surface area contributed by atoms with Crippen LogP contribution in [0.3, 0.4) is 0 Å². The van der Waals surface area contributed by atoms with Crippen LogP contribution in [0.4, 0.5) is 11.4 Å². The number of rotatable bonds is 5. The molecule has 0 aliphatic heterocycles. The lowest BCUT2D eigenvalue weighted by Crippen LogP contribution is -2.19. The fourth-order valence-corrected chi connectivity index (χ4v) is 2.72. The molecule has 0 saturated heterocycles. The number of nitrogens with one attached hydrogen (secondary N) is 1. The average Bonchev–Trinajstić information content (AvgIpc) is 2.49. The first-order valence-corrected chi connectivity index (χ1v) is 8.00. The highest BCUT2D eigenvalue weighted by Gasteiger charge is 2.11. The lowest BCUT2D eigenvalue weighted by atomic mass is 10.2. The van der Waals surface area contributed by atoms with Gasteiger partial charge in [-0.1, -0.05) is 12.1 Å². The third kappa shape index (κ3) is 3.74. The summed E-state index contributed by atoms with van der Waals surface area (Å²) in [4.78, 5) is 2.30. The van der Waals surface area contributed by atoms with Gasteiger partial charge in [0.05, 0.1) is 4.90 Å². The topological polar surface area (TPSA) is 75.4 Å². The van der Waals surface area contributed by atoms with Crippen molar-refractivity contribution < 1.29 is 8.42 Å². The second kappa shape index (κ2) is 6.15. The number of nitrogens with two attached hydrogens (primary N) is 1. The van der Waals surface area contributed by atoms with Crippen molar-refractivity contribution in [1.82, 2.24) is 4.72 Å². The van der Waals surface area contributed by atoms with Crippen LogP contribution in [0.15, 0.2) is 53.4 Å². The second-order valence-corrected chi connectivity index (χ2v) is 6.69. The van der Waals surface area contributed by atoms with Crippen molar-refractivity contribution in [3.63, 3.8) is 0 Å². The van der Waals surface area contributed by atoms with E-state index < -0.39 is 10.0 Å². The van der Waals surface area contributed by atoms with Crippen LogP contribution in [-0.4, -0.2) is 22.5 Å². The number of nitrogen functional groups attached to an aromatic ring is 1. The Balaban J connectivity index is 2.13. The highest BCUT2D eigenvalue weighted by molar-refractivity contribution is 7.89. The van der Waals surface area contributed by atoms with E-state index in [0.717, 1.165) is 23.5 Å². The molecule has 0 radical (unpaired) electrons. The lowest BCUT2D eigenvalue weighted by Gasteiger charge is -2.19. The third-order valence-corrected chi connectivity index (χ3v) is 4.69. The zero-order chi connectivity index (χ0) is 15.5. The summed E-state index contributed by atoms with van der Waals surface area (Å²) < 4.78 is 25.6. The Morgan fingerprint density at radius 1 is 1.05 bits per heavy atom. The minimum absolute atomic E-state index is 0.259. The van der Waals surface area contributed by atoms with Crippen LogP contribution < -0.4 is 15.4 Å². The largest absolute Gasteiger partial charge is 0.399 e. The maximum Gasteiger partial charge on any atom is 0.240 e. The smallest absolute Gasteiger partial charge is 0.240 e. The maximum atomic E-state index is 11.7. The van der Waals surface area contributed by atoms with E-state index in [1.54, 1.807) is 24.3 Å². The summed E-state index contributed by atoms with van der Waals surface area (Å²) in [5.74, 6) is 0. The van der Waals surface area contributed by atoms with Gasteiger partial charge in [0, 0.05) is 25.0 Å². The quantitative estimate of drug-likeness (QED) is 0.826. The summed E-state index contributed by atoms with van der Waals surface area (Å²) in [5.41, 5.74) is 8.49.